The van der Waals surface area contributed by atoms with Gasteiger partial charge in [-0.1, -0.05) is 48.0 Å². The topological polar surface area (TPSA) is 58.2 Å². The molecule has 2 amide bonds. The number of rotatable bonds is 5. The van der Waals surface area contributed by atoms with Gasteiger partial charge < -0.3 is 10.6 Å². The molecule has 25 heavy (non-hydrogen) atoms. The second-order valence-corrected chi connectivity index (χ2v) is 7.09. The van der Waals surface area contributed by atoms with Gasteiger partial charge in [0, 0.05) is 6.54 Å². The van der Waals surface area contributed by atoms with Crippen LogP contribution in [-0.4, -0.2) is 11.8 Å². The van der Waals surface area contributed by atoms with Crippen molar-refractivity contribution in [3.05, 3.63) is 64.2 Å². The van der Waals surface area contributed by atoms with Crippen LogP contribution >= 0.6 is 11.6 Å². The number of aryl methyl sites for hydroxylation is 2. The highest BCUT2D eigenvalue weighted by Crippen LogP contribution is 2.29. The van der Waals surface area contributed by atoms with E-state index in [4.69, 9.17) is 11.6 Å². The number of benzene rings is 2. The van der Waals surface area contributed by atoms with Gasteiger partial charge >= 0.3 is 0 Å². The monoisotopic (exact) mass is 358 g/mol. The van der Waals surface area contributed by atoms with E-state index in [2.05, 4.69) is 10.6 Å². The Labute approximate surface area is 153 Å². The maximum atomic E-state index is 12.6. The molecule has 5 heteroatoms. The number of nitrogens with one attached hydrogen (secondary N) is 2. The molecule has 0 saturated carbocycles. The summed E-state index contributed by atoms with van der Waals surface area (Å²) < 4.78 is 0. The Balaban J connectivity index is 2.07. The summed E-state index contributed by atoms with van der Waals surface area (Å²) in [5.41, 5.74) is 2.17. The second-order valence-electron chi connectivity index (χ2n) is 6.69. The van der Waals surface area contributed by atoms with Crippen molar-refractivity contribution in [3.63, 3.8) is 0 Å². The molecule has 0 aromatic heterocycles. The zero-order valence-corrected chi connectivity index (χ0v) is 15.7. The number of carbonyl (C=O) groups is 2. The fourth-order valence-corrected chi connectivity index (χ4v) is 2.81. The molecule has 0 fully saturated rings. The summed E-state index contributed by atoms with van der Waals surface area (Å²) in [4.78, 5) is 25.1. The van der Waals surface area contributed by atoms with Gasteiger partial charge in [0.05, 0.1) is 10.7 Å². The Bertz CT molecular complexity index is 763. The minimum absolute atomic E-state index is 0.338. The molecule has 4 nitrogen and oxygen atoms in total. The van der Waals surface area contributed by atoms with E-state index in [-0.39, 0.29) is 5.91 Å². The normalized spacial score (nSPS) is 11.1. The third-order valence-electron chi connectivity index (χ3n) is 4.10. The lowest BCUT2D eigenvalue weighted by atomic mass is 9.90. The summed E-state index contributed by atoms with van der Waals surface area (Å²) in [6.07, 6.45) is 0. The first-order valence-corrected chi connectivity index (χ1v) is 8.50. The summed E-state index contributed by atoms with van der Waals surface area (Å²) >= 11 is 6.23. The molecule has 0 radical (unpaired) electrons. The number of hydrogen-bond donors (Lipinski definition) is 2. The molecule has 2 rings (SSSR count). The van der Waals surface area contributed by atoms with Gasteiger partial charge in [-0.05, 0) is 50.5 Å². The second kappa shape index (κ2) is 7.70. The molecule has 2 aromatic rings. The summed E-state index contributed by atoms with van der Waals surface area (Å²) in [5, 5.41) is 6.07. The van der Waals surface area contributed by atoms with Crippen LogP contribution < -0.4 is 10.6 Å². The summed E-state index contributed by atoms with van der Waals surface area (Å²) in [6, 6.07) is 13.3. The third-order valence-corrected chi connectivity index (χ3v) is 4.40. The van der Waals surface area contributed by atoms with E-state index in [0.717, 1.165) is 16.7 Å². The third kappa shape index (κ3) is 4.60. The fourth-order valence-electron chi connectivity index (χ4n) is 2.45. The molecule has 132 valence electrons. The van der Waals surface area contributed by atoms with E-state index in [1.54, 1.807) is 19.9 Å². The van der Waals surface area contributed by atoms with Crippen LogP contribution in [-0.2, 0) is 16.1 Å². The molecule has 0 aliphatic heterocycles. The largest absolute Gasteiger partial charge is 0.351 e. The van der Waals surface area contributed by atoms with Gasteiger partial charge in [-0.15, -0.1) is 0 Å². The van der Waals surface area contributed by atoms with Crippen molar-refractivity contribution in [1.82, 2.24) is 5.32 Å². The predicted octanol–water partition coefficient (Wildman–Crippen LogP) is 4.24. The molecular weight excluding hydrogens is 336 g/mol. The van der Waals surface area contributed by atoms with Gasteiger partial charge in [0.15, 0.2) is 0 Å². The molecule has 0 saturated heterocycles. The minimum Gasteiger partial charge on any atom is -0.351 e. The lowest BCUT2D eigenvalue weighted by molar-refractivity contribution is -0.138. The number of halogens is 1. The number of hydrogen-bond acceptors (Lipinski definition) is 2. The molecule has 0 bridgehead atoms. The number of anilines is 1. The maximum Gasteiger partial charge on any atom is 0.239 e. The van der Waals surface area contributed by atoms with Crippen molar-refractivity contribution >= 4 is 29.1 Å². The lowest BCUT2D eigenvalue weighted by Crippen LogP contribution is -2.45. The van der Waals surface area contributed by atoms with Crippen LogP contribution in [0.2, 0.25) is 5.02 Å². The predicted molar refractivity (Wildman–Crippen MR) is 102 cm³/mol. The van der Waals surface area contributed by atoms with Crippen LogP contribution in [0.1, 0.15) is 30.5 Å². The molecule has 0 aliphatic carbocycles. The fraction of sp³-hybridized carbons (Fsp3) is 0.300. The first-order chi connectivity index (χ1) is 11.7. The molecule has 2 aromatic carbocycles. The van der Waals surface area contributed by atoms with Gasteiger partial charge in [0.1, 0.15) is 5.41 Å². The maximum absolute atomic E-state index is 12.6. The standard InChI is InChI=1S/C20H23ClN2O2/c1-13-10-14(2)17(16(21)11-13)23-19(25)20(3,4)18(24)22-12-15-8-6-5-7-9-15/h5-11H,12H2,1-4H3,(H,22,24)(H,23,25). The highest BCUT2D eigenvalue weighted by Gasteiger charge is 2.36. The van der Waals surface area contributed by atoms with Crippen molar-refractivity contribution in [2.75, 3.05) is 5.32 Å². The van der Waals surface area contributed by atoms with E-state index < -0.39 is 11.3 Å². The molecule has 0 aliphatic rings. The van der Waals surface area contributed by atoms with Crippen LogP contribution in [0.15, 0.2) is 42.5 Å². The van der Waals surface area contributed by atoms with Crippen molar-refractivity contribution in [2.45, 2.75) is 34.2 Å². The quantitative estimate of drug-likeness (QED) is 0.785. The van der Waals surface area contributed by atoms with Gasteiger partial charge in [0.25, 0.3) is 0 Å². The van der Waals surface area contributed by atoms with E-state index in [0.29, 0.717) is 17.3 Å². The Morgan fingerprint density at radius 1 is 1.04 bits per heavy atom. The van der Waals surface area contributed by atoms with Crippen LogP contribution in [0, 0.1) is 19.3 Å². The summed E-state index contributed by atoms with van der Waals surface area (Å²) in [5.74, 6) is -0.735. The Kier molecular flexibility index (Phi) is 5.85. The van der Waals surface area contributed by atoms with Gasteiger partial charge in [-0.2, -0.15) is 0 Å². The van der Waals surface area contributed by atoms with E-state index in [1.807, 2.05) is 50.2 Å². The number of carbonyl (C=O) groups excluding carboxylic acids is 2. The molecule has 0 unspecified atom stereocenters. The van der Waals surface area contributed by atoms with Crippen molar-refractivity contribution in [2.24, 2.45) is 5.41 Å². The van der Waals surface area contributed by atoms with Crippen LogP contribution in [0.3, 0.4) is 0 Å². The average molecular weight is 359 g/mol. The first-order valence-electron chi connectivity index (χ1n) is 8.12. The SMILES string of the molecule is Cc1cc(C)c(NC(=O)C(C)(C)C(=O)NCc2ccccc2)c(Cl)c1. The molecule has 2 N–H and O–H groups in total. The average Bonchev–Trinajstić information content (AvgIpc) is 2.56. The summed E-state index contributed by atoms with van der Waals surface area (Å²) in [7, 11) is 0. The highest BCUT2D eigenvalue weighted by atomic mass is 35.5. The zero-order valence-electron chi connectivity index (χ0n) is 14.9. The van der Waals surface area contributed by atoms with Crippen molar-refractivity contribution in [3.8, 4) is 0 Å². The van der Waals surface area contributed by atoms with E-state index in [1.165, 1.54) is 0 Å². The van der Waals surface area contributed by atoms with Crippen LogP contribution in [0.25, 0.3) is 0 Å². The van der Waals surface area contributed by atoms with E-state index in [9.17, 15) is 9.59 Å². The lowest BCUT2D eigenvalue weighted by Gasteiger charge is -2.24. The Morgan fingerprint density at radius 2 is 1.68 bits per heavy atom. The summed E-state index contributed by atoms with van der Waals surface area (Å²) in [6.45, 7) is 7.38. The van der Waals surface area contributed by atoms with Crippen LogP contribution in [0.4, 0.5) is 5.69 Å². The van der Waals surface area contributed by atoms with Crippen LogP contribution in [0.5, 0.6) is 0 Å². The minimum atomic E-state index is -1.23. The van der Waals surface area contributed by atoms with Gasteiger partial charge in [-0.25, -0.2) is 0 Å². The van der Waals surface area contributed by atoms with Gasteiger partial charge in [0.2, 0.25) is 11.8 Å². The van der Waals surface area contributed by atoms with E-state index >= 15 is 0 Å². The number of amides is 2. The molecule has 0 spiro atoms. The first kappa shape index (κ1) is 19.0. The molecule has 0 atom stereocenters. The van der Waals surface area contributed by atoms with Gasteiger partial charge in [-0.3, -0.25) is 9.59 Å². The molecular formula is C20H23ClN2O2. The smallest absolute Gasteiger partial charge is 0.239 e. The van der Waals surface area contributed by atoms with Crippen molar-refractivity contribution in [1.29, 1.82) is 0 Å². The Hall–Kier alpha value is -2.33. The van der Waals surface area contributed by atoms with Crippen molar-refractivity contribution < 1.29 is 9.59 Å². The Morgan fingerprint density at radius 3 is 2.28 bits per heavy atom. The highest BCUT2D eigenvalue weighted by molar-refractivity contribution is 6.34. The molecule has 0 heterocycles. The zero-order chi connectivity index (χ0) is 18.6.